The molecule has 0 aromatic carbocycles. The maximum absolute atomic E-state index is 11.6. The Labute approximate surface area is 113 Å². The average molecular weight is 258 g/mol. The lowest BCUT2D eigenvalue weighted by Gasteiger charge is -2.32. The van der Waals surface area contributed by atoms with Crippen molar-refractivity contribution in [3.05, 3.63) is 23.4 Å². The Kier molecular flexibility index (Phi) is 4.00. The van der Waals surface area contributed by atoms with E-state index in [0.717, 1.165) is 37.3 Å². The molecule has 0 saturated carbocycles. The summed E-state index contributed by atoms with van der Waals surface area (Å²) in [6, 6.07) is 4.07. The van der Waals surface area contributed by atoms with Gasteiger partial charge in [-0.05, 0) is 31.4 Å². The van der Waals surface area contributed by atoms with Gasteiger partial charge in [0, 0.05) is 32.3 Å². The molecule has 5 heteroatoms. The lowest BCUT2D eigenvalue weighted by Crippen LogP contribution is -2.40. The average Bonchev–Trinajstić information content (AvgIpc) is 2.46. The van der Waals surface area contributed by atoms with E-state index < -0.39 is 0 Å². The lowest BCUT2D eigenvalue weighted by atomic mass is 9.95. The summed E-state index contributed by atoms with van der Waals surface area (Å²) in [5, 5.41) is 11.9. The van der Waals surface area contributed by atoms with Gasteiger partial charge in [-0.1, -0.05) is 0 Å². The molecule has 5 nitrogen and oxygen atoms in total. The third kappa shape index (κ3) is 2.68. The van der Waals surface area contributed by atoms with Crippen LogP contribution in [0.15, 0.2) is 12.3 Å². The minimum atomic E-state index is 0.0802. The van der Waals surface area contributed by atoms with E-state index >= 15 is 0 Å². The molecule has 1 amide bonds. The normalized spacial score (nSPS) is 15.9. The Bertz CT molecular complexity index is 513. The first-order valence-electron chi connectivity index (χ1n) is 6.49. The molecule has 100 valence electrons. The number of rotatable bonds is 2. The van der Waals surface area contributed by atoms with Crippen LogP contribution < -0.4 is 10.2 Å². The Morgan fingerprint density at radius 1 is 1.53 bits per heavy atom. The fourth-order valence-electron chi connectivity index (χ4n) is 2.48. The van der Waals surface area contributed by atoms with Gasteiger partial charge in [-0.25, -0.2) is 4.98 Å². The summed E-state index contributed by atoms with van der Waals surface area (Å²) < 4.78 is 0. The van der Waals surface area contributed by atoms with Gasteiger partial charge in [0.05, 0.1) is 5.56 Å². The molecule has 0 unspecified atom stereocenters. The number of carbonyl (C=O) groups is 1. The van der Waals surface area contributed by atoms with E-state index in [2.05, 4.69) is 21.3 Å². The predicted octanol–water partition coefficient (Wildman–Crippen LogP) is 1.22. The summed E-state index contributed by atoms with van der Waals surface area (Å²) in [5.41, 5.74) is 1.59. The molecule has 2 heterocycles. The molecule has 1 aromatic heterocycles. The van der Waals surface area contributed by atoms with Crippen LogP contribution in [0.25, 0.3) is 0 Å². The van der Waals surface area contributed by atoms with Crippen molar-refractivity contribution >= 4 is 11.7 Å². The molecule has 2 rings (SSSR count). The first-order valence-corrected chi connectivity index (χ1v) is 6.49. The quantitative estimate of drug-likeness (QED) is 0.866. The van der Waals surface area contributed by atoms with Crippen LogP contribution in [0.2, 0.25) is 0 Å². The van der Waals surface area contributed by atoms with Crippen molar-refractivity contribution in [3.63, 3.8) is 0 Å². The Balaban J connectivity index is 2.12. The van der Waals surface area contributed by atoms with E-state index in [9.17, 15) is 10.1 Å². The minimum absolute atomic E-state index is 0.0802. The number of nitrogens with one attached hydrogen (secondary N) is 1. The van der Waals surface area contributed by atoms with Crippen molar-refractivity contribution in [2.75, 3.05) is 25.0 Å². The van der Waals surface area contributed by atoms with E-state index in [0.29, 0.717) is 5.56 Å². The molecule has 19 heavy (non-hydrogen) atoms. The summed E-state index contributed by atoms with van der Waals surface area (Å²) in [5.74, 6) is 0.937. The van der Waals surface area contributed by atoms with Crippen LogP contribution in [-0.2, 0) is 4.79 Å². The number of hydrogen-bond acceptors (Lipinski definition) is 4. The molecule has 0 aliphatic carbocycles. The van der Waals surface area contributed by atoms with Crippen LogP contribution in [0.5, 0.6) is 0 Å². The van der Waals surface area contributed by atoms with Gasteiger partial charge in [-0.15, -0.1) is 0 Å². The van der Waals surface area contributed by atoms with Crippen LogP contribution >= 0.6 is 0 Å². The number of aromatic nitrogens is 1. The topological polar surface area (TPSA) is 69.0 Å². The maximum Gasteiger partial charge on any atom is 0.222 e. The Morgan fingerprint density at radius 2 is 2.21 bits per heavy atom. The minimum Gasteiger partial charge on any atom is -0.359 e. The Hall–Kier alpha value is -2.09. The first-order chi connectivity index (χ1) is 9.17. The van der Waals surface area contributed by atoms with E-state index in [1.54, 1.807) is 13.2 Å². The van der Waals surface area contributed by atoms with Crippen LogP contribution in [-0.4, -0.2) is 31.0 Å². The molecule has 0 atom stereocenters. The molecule has 1 saturated heterocycles. The zero-order valence-corrected chi connectivity index (χ0v) is 11.3. The number of carbonyl (C=O) groups excluding carboxylic acids is 1. The number of anilines is 1. The van der Waals surface area contributed by atoms with Gasteiger partial charge in [0.1, 0.15) is 11.9 Å². The van der Waals surface area contributed by atoms with Crippen LogP contribution in [0.1, 0.15) is 24.0 Å². The van der Waals surface area contributed by atoms with Gasteiger partial charge in [0.25, 0.3) is 0 Å². The second kappa shape index (κ2) is 5.70. The Morgan fingerprint density at radius 3 is 2.79 bits per heavy atom. The number of nitrogens with zero attached hydrogens (tertiary/aromatic N) is 3. The summed E-state index contributed by atoms with van der Waals surface area (Å²) in [6.07, 6.45) is 3.34. The number of nitriles is 1. The van der Waals surface area contributed by atoms with E-state index in [1.807, 2.05) is 13.0 Å². The summed E-state index contributed by atoms with van der Waals surface area (Å²) in [6.45, 7) is 3.45. The molecule has 1 N–H and O–H groups in total. The highest BCUT2D eigenvalue weighted by atomic mass is 16.1. The molecule has 1 aliphatic heterocycles. The van der Waals surface area contributed by atoms with Gasteiger partial charge < -0.3 is 10.2 Å². The molecule has 0 spiro atoms. The van der Waals surface area contributed by atoms with Gasteiger partial charge in [0.2, 0.25) is 5.91 Å². The van der Waals surface area contributed by atoms with Crippen molar-refractivity contribution < 1.29 is 4.79 Å². The van der Waals surface area contributed by atoms with Crippen LogP contribution in [0.4, 0.5) is 5.82 Å². The predicted molar refractivity (Wildman–Crippen MR) is 72.7 cm³/mol. The van der Waals surface area contributed by atoms with Gasteiger partial charge in [-0.2, -0.15) is 5.26 Å². The van der Waals surface area contributed by atoms with E-state index in [-0.39, 0.29) is 11.8 Å². The standard InChI is InChI=1S/C14H18N4O/c1-10-3-6-17-13(12(10)9-15)18-7-4-11(5-8-18)14(19)16-2/h3,6,11H,4-5,7-8H2,1-2H3,(H,16,19). The molecule has 1 fully saturated rings. The van der Waals surface area contributed by atoms with Crippen molar-refractivity contribution in [1.29, 1.82) is 5.26 Å². The van der Waals surface area contributed by atoms with Gasteiger partial charge in [0.15, 0.2) is 0 Å². The van der Waals surface area contributed by atoms with Crippen molar-refractivity contribution in [1.82, 2.24) is 10.3 Å². The first kappa shape index (κ1) is 13.3. The molecular weight excluding hydrogens is 240 g/mol. The third-order valence-electron chi connectivity index (χ3n) is 3.66. The van der Waals surface area contributed by atoms with E-state index in [4.69, 9.17) is 0 Å². The lowest BCUT2D eigenvalue weighted by molar-refractivity contribution is -0.125. The molecular formula is C14H18N4O. The number of pyridine rings is 1. The number of hydrogen-bond donors (Lipinski definition) is 1. The SMILES string of the molecule is CNC(=O)C1CCN(c2nccc(C)c2C#N)CC1. The second-order valence-electron chi connectivity index (χ2n) is 4.81. The zero-order chi connectivity index (χ0) is 13.8. The fourth-order valence-corrected chi connectivity index (χ4v) is 2.48. The second-order valence-corrected chi connectivity index (χ2v) is 4.81. The summed E-state index contributed by atoms with van der Waals surface area (Å²) in [7, 11) is 1.67. The van der Waals surface area contributed by atoms with Crippen LogP contribution in [0.3, 0.4) is 0 Å². The summed E-state index contributed by atoms with van der Waals surface area (Å²) >= 11 is 0. The molecule has 1 aliphatic rings. The van der Waals surface area contributed by atoms with E-state index in [1.165, 1.54) is 0 Å². The number of aryl methyl sites for hydroxylation is 1. The highest BCUT2D eigenvalue weighted by molar-refractivity contribution is 5.78. The highest BCUT2D eigenvalue weighted by Gasteiger charge is 2.26. The third-order valence-corrected chi connectivity index (χ3v) is 3.66. The largest absolute Gasteiger partial charge is 0.359 e. The highest BCUT2D eigenvalue weighted by Crippen LogP contribution is 2.25. The van der Waals surface area contributed by atoms with Gasteiger partial charge >= 0.3 is 0 Å². The van der Waals surface area contributed by atoms with Crippen molar-refractivity contribution in [2.45, 2.75) is 19.8 Å². The summed E-state index contributed by atoms with van der Waals surface area (Å²) in [4.78, 5) is 18.0. The molecule has 0 bridgehead atoms. The van der Waals surface area contributed by atoms with Crippen molar-refractivity contribution in [3.8, 4) is 6.07 Å². The van der Waals surface area contributed by atoms with Gasteiger partial charge in [-0.3, -0.25) is 4.79 Å². The number of piperidine rings is 1. The maximum atomic E-state index is 11.6. The monoisotopic (exact) mass is 258 g/mol. The van der Waals surface area contributed by atoms with Crippen molar-refractivity contribution in [2.24, 2.45) is 5.92 Å². The fraction of sp³-hybridized carbons (Fsp3) is 0.500. The van der Waals surface area contributed by atoms with Crippen LogP contribution in [0, 0.1) is 24.2 Å². The smallest absolute Gasteiger partial charge is 0.222 e. The molecule has 1 aromatic rings. The zero-order valence-electron chi connectivity index (χ0n) is 11.3. The number of amides is 1. The molecule has 0 radical (unpaired) electrons.